The first-order valence-electron chi connectivity index (χ1n) is 11.6. The molecule has 0 unspecified atom stereocenters. The van der Waals surface area contributed by atoms with E-state index in [4.69, 9.17) is 25.8 Å². The Bertz CT molecular complexity index is 1120. The fourth-order valence-corrected chi connectivity index (χ4v) is 6.29. The van der Waals surface area contributed by atoms with E-state index in [1.807, 2.05) is 18.2 Å². The molecule has 35 heavy (non-hydrogen) atoms. The summed E-state index contributed by atoms with van der Waals surface area (Å²) in [6, 6.07) is 9.71. The topological polar surface area (TPSA) is 94.2 Å². The van der Waals surface area contributed by atoms with Gasteiger partial charge in [-0.05, 0) is 55.2 Å². The average Bonchev–Trinajstić information content (AvgIpc) is 2.87. The van der Waals surface area contributed by atoms with E-state index >= 15 is 0 Å². The van der Waals surface area contributed by atoms with Gasteiger partial charge in [-0.2, -0.15) is 4.31 Å². The Balaban J connectivity index is 1.71. The predicted molar refractivity (Wildman–Crippen MR) is 135 cm³/mol. The molecule has 3 rings (SSSR count). The van der Waals surface area contributed by atoms with Crippen LogP contribution in [-0.2, 0) is 21.2 Å². The molecule has 10 heteroatoms. The summed E-state index contributed by atoms with van der Waals surface area (Å²) in [6.45, 7) is 0.115. The molecule has 0 aromatic heterocycles. The third kappa shape index (κ3) is 6.80. The van der Waals surface area contributed by atoms with Gasteiger partial charge in [0.05, 0.1) is 37.8 Å². The van der Waals surface area contributed by atoms with Gasteiger partial charge in [-0.3, -0.25) is 4.79 Å². The molecule has 192 valence electrons. The summed E-state index contributed by atoms with van der Waals surface area (Å²) in [5.41, 5.74) is 0.965. The standard InChI is InChI=1S/C25H33ClN2O6S/c1-32-22-12-10-20(16-21(22)26)35(30,31)28(19-7-5-4-6-8-19)17-25(29)27-14-13-18-9-11-23(33-2)24(15-18)34-3/h9-12,15-16,19H,4-8,13-14,17H2,1-3H3,(H,27,29). The van der Waals surface area contributed by atoms with E-state index in [2.05, 4.69) is 5.32 Å². The molecule has 0 bridgehead atoms. The summed E-state index contributed by atoms with van der Waals surface area (Å²) in [7, 11) is 0.676. The first kappa shape index (κ1) is 27.1. The lowest BCUT2D eigenvalue weighted by molar-refractivity contribution is -0.121. The molecule has 1 fully saturated rings. The second-order valence-corrected chi connectivity index (χ2v) is 10.7. The predicted octanol–water partition coefficient (Wildman–Crippen LogP) is 4.05. The summed E-state index contributed by atoms with van der Waals surface area (Å²) in [5.74, 6) is 1.29. The van der Waals surface area contributed by atoms with Gasteiger partial charge < -0.3 is 19.5 Å². The maximum Gasteiger partial charge on any atom is 0.243 e. The molecule has 1 N–H and O–H groups in total. The number of carbonyl (C=O) groups excluding carboxylic acids is 1. The molecule has 0 radical (unpaired) electrons. The number of sulfonamides is 1. The maximum absolute atomic E-state index is 13.6. The van der Waals surface area contributed by atoms with Gasteiger partial charge in [-0.1, -0.05) is 36.9 Å². The van der Waals surface area contributed by atoms with Crippen molar-refractivity contribution >= 4 is 27.5 Å². The number of carbonyl (C=O) groups is 1. The van der Waals surface area contributed by atoms with Crippen molar-refractivity contribution in [2.75, 3.05) is 34.4 Å². The van der Waals surface area contributed by atoms with Gasteiger partial charge >= 0.3 is 0 Å². The van der Waals surface area contributed by atoms with Crippen molar-refractivity contribution in [2.24, 2.45) is 0 Å². The van der Waals surface area contributed by atoms with E-state index in [1.54, 1.807) is 14.2 Å². The van der Waals surface area contributed by atoms with E-state index in [0.717, 1.165) is 37.7 Å². The Kier molecular flexibility index (Phi) is 9.65. The molecule has 0 aliphatic heterocycles. The minimum Gasteiger partial charge on any atom is -0.495 e. The molecule has 0 heterocycles. The Morgan fingerprint density at radius 3 is 2.26 bits per heavy atom. The van der Waals surface area contributed by atoms with Gasteiger partial charge in [0.25, 0.3) is 0 Å². The zero-order valence-electron chi connectivity index (χ0n) is 20.4. The number of halogens is 1. The number of hydrogen-bond acceptors (Lipinski definition) is 6. The molecule has 2 aromatic carbocycles. The SMILES string of the molecule is COc1ccc(S(=O)(=O)N(CC(=O)NCCc2ccc(OC)c(OC)c2)C2CCCCC2)cc1Cl. The van der Waals surface area contributed by atoms with E-state index in [-0.39, 0.29) is 28.4 Å². The van der Waals surface area contributed by atoms with Crippen LogP contribution in [0, 0.1) is 0 Å². The Hall–Kier alpha value is -2.49. The van der Waals surface area contributed by atoms with Crippen LogP contribution in [0.15, 0.2) is 41.3 Å². The molecular formula is C25H33ClN2O6S. The number of amides is 1. The van der Waals surface area contributed by atoms with Crippen LogP contribution in [-0.4, -0.2) is 59.1 Å². The van der Waals surface area contributed by atoms with Crippen LogP contribution in [0.2, 0.25) is 5.02 Å². The summed E-state index contributed by atoms with van der Waals surface area (Å²) < 4.78 is 44.2. The van der Waals surface area contributed by atoms with Crippen LogP contribution >= 0.6 is 11.6 Å². The molecule has 1 saturated carbocycles. The zero-order valence-corrected chi connectivity index (χ0v) is 22.0. The second-order valence-electron chi connectivity index (χ2n) is 8.43. The highest BCUT2D eigenvalue weighted by Crippen LogP contribution is 2.32. The Labute approximate surface area is 212 Å². The van der Waals surface area contributed by atoms with Gasteiger partial charge in [-0.25, -0.2) is 8.42 Å². The number of rotatable bonds is 11. The van der Waals surface area contributed by atoms with Crippen LogP contribution in [0.25, 0.3) is 0 Å². The Morgan fingerprint density at radius 2 is 1.63 bits per heavy atom. The lowest BCUT2D eigenvalue weighted by Gasteiger charge is -2.33. The average molecular weight is 525 g/mol. The highest BCUT2D eigenvalue weighted by atomic mass is 35.5. The summed E-state index contributed by atoms with van der Waals surface area (Å²) in [4.78, 5) is 12.9. The van der Waals surface area contributed by atoms with Crippen molar-refractivity contribution in [3.05, 3.63) is 47.0 Å². The van der Waals surface area contributed by atoms with Gasteiger partial charge in [0.1, 0.15) is 5.75 Å². The third-order valence-electron chi connectivity index (χ3n) is 6.20. The smallest absolute Gasteiger partial charge is 0.243 e. The molecule has 2 aromatic rings. The summed E-state index contributed by atoms with van der Waals surface area (Å²) in [6.07, 6.45) is 4.94. The normalized spacial score (nSPS) is 14.5. The van der Waals surface area contributed by atoms with Crippen LogP contribution in [0.3, 0.4) is 0 Å². The highest BCUT2D eigenvalue weighted by Gasteiger charge is 2.34. The lowest BCUT2D eigenvalue weighted by Crippen LogP contribution is -2.47. The monoisotopic (exact) mass is 524 g/mol. The zero-order chi connectivity index (χ0) is 25.4. The number of nitrogens with zero attached hydrogens (tertiary/aromatic N) is 1. The first-order chi connectivity index (χ1) is 16.8. The van der Waals surface area contributed by atoms with Crippen LogP contribution in [0.5, 0.6) is 17.2 Å². The van der Waals surface area contributed by atoms with E-state index in [1.165, 1.54) is 29.6 Å². The molecule has 1 amide bonds. The van der Waals surface area contributed by atoms with E-state index < -0.39 is 10.0 Å². The number of benzene rings is 2. The molecule has 0 spiro atoms. The molecule has 8 nitrogen and oxygen atoms in total. The van der Waals surface area contributed by atoms with Gasteiger partial charge in [0.2, 0.25) is 15.9 Å². The van der Waals surface area contributed by atoms with Crippen LogP contribution < -0.4 is 19.5 Å². The molecule has 0 saturated heterocycles. The highest BCUT2D eigenvalue weighted by molar-refractivity contribution is 7.89. The molecule has 1 aliphatic rings. The Morgan fingerprint density at radius 1 is 0.971 bits per heavy atom. The summed E-state index contributed by atoms with van der Waals surface area (Å²) in [5, 5.41) is 3.06. The van der Waals surface area contributed by atoms with E-state index in [0.29, 0.717) is 30.2 Å². The number of hydrogen-bond donors (Lipinski definition) is 1. The minimum absolute atomic E-state index is 0.0481. The van der Waals surface area contributed by atoms with Crippen molar-refractivity contribution in [1.29, 1.82) is 0 Å². The second kappa shape index (κ2) is 12.5. The van der Waals surface area contributed by atoms with Crippen molar-refractivity contribution in [3.63, 3.8) is 0 Å². The number of ether oxygens (including phenoxy) is 3. The third-order valence-corrected chi connectivity index (χ3v) is 8.38. The fourth-order valence-electron chi connectivity index (χ4n) is 4.30. The fraction of sp³-hybridized carbons (Fsp3) is 0.480. The van der Waals surface area contributed by atoms with Crippen molar-refractivity contribution in [3.8, 4) is 17.2 Å². The van der Waals surface area contributed by atoms with Crippen molar-refractivity contribution in [1.82, 2.24) is 9.62 Å². The van der Waals surface area contributed by atoms with Crippen molar-refractivity contribution in [2.45, 2.75) is 49.5 Å². The van der Waals surface area contributed by atoms with Crippen molar-refractivity contribution < 1.29 is 27.4 Å². The van der Waals surface area contributed by atoms with Gasteiger partial charge in [0, 0.05) is 12.6 Å². The van der Waals surface area contributed by atoms with Gasteiger partial charge in [-0.15, -0.1) is 0 Å². The summed E-state index contributed by atoms with van der Waals surface area (Å²) >= 11 is 6.20. The first-order valence-corrected chi connectivity index (χ1v) is 13.4. The largest absolute Gasteiger partial charge is 0.495 e. The van der Waals surface area contributed by atoms with E-state index in [9.17, 15) is 13.2 Å². The lowest BCUT2D eigenvalue weighted by atomic mass is 9.95. The van der Waals surface area contributed by atoms with Crippen LogP contribution in [0.4, 0.5) is 0 Å². The quantitative estimate of drug-likeness (QED) is 0.476. The molecular weight excluding hydrogens is 492 g/mol. The molecule has 0 atom stereocenters. The van der Waals surface area contributed by atoms with Gasteiger partial charge in [0.15, 0.2) is 11.5 Å². The van der Waals surface area contributed by atoms with Crippen LogP contribution in [0.1, 0.15) is 37.7 Å². The maximum atomic E-state index is 13.6. The minimum atomic E-state index is -3.94. The molecule has 1 aliphatic carbocycles. The number of methoxy groups -OCH3 is 3. The number of nitrogens with one attached hydrogen (secondary N) is 1.